The van der Waals surface area contributed by atoms with Gasteiger partial charge in [-0.25, -0.2) is 0 Å². The van der Waals surface area contributed by atoms with E-state index in [1.807, 2.05) is 56.1 Å². The maximum Gasteiger partial charge on any atom is 0.116 e. The first-order valence-corrected chi connectivity index (χ1v) is 13.1. The highest BCUT2D eigenvalue weighted by molar-refractivity contribution is 5.97. The van der Waals surface area contributed by atoms with Crippen molar-refractivity contribution in [2.45, 2.75) is 32.7 Å². The summed E-state index contributed by atoms with van der Waals surface area (Å²) >= 11 is 0. The first-order chi connectivity index (χ1) is 18.7. The Hall–Kier alpha value is -4.36. The van der Waals surface area contributed by atoms with Gasteiger partial charge in [0, 0.05) is 59.3 Å². The first kappa shape index (κ1) is 24.0. The Bertz CT molecular complexity index is 1710. The van der Waals surface area contributed by atoms with E-state index >= 15 is 0 Å². The number of aromatic amines is 2. The fourth-order valence-corrected chi connectivity index (χ4v) is 5.25. The Balaban J connectivity index is 1.37. The van der Waals surface area contributed by atoms with Crippen molar-refractivity contribution < 1.29 is 0 Å². The lowest BCUT2D eigenvalue weighted by Gasteiger charge is -2.26. The Kier molecular flexibility index (Phi) is 6.67. The minimum absolute atomic E-state index is 0.838. The van der Waals surface area contributed by atoms with Gasteiger partial charge in [0.2, 0.25) is 0 Å². The van der Waals surface area contributed by atoms with Crippen LogP contribution in [0.5, 0.6) is 0 Å². The fourth-order valence-electron chi connectivity index (χ4n) is 5.25. The minimum atomic E-state index is 0.838. The lowest BCUT2D eigenvalue weighted by Crippen LogP contribution is -2.29. The smallest absolute Gasteiger partial charge is 0.116 e. The first-order valence-electron chi connectivity index (χ1n) is 13.1. The molecule has 0 atom stereocenters. The van der Waals surface area contributed by atoms with E-state index < -0.39 is 0 Å². The Morgan fingerprint density at radius 2 is 1.89 bits per heavy atom. The predicted molar refractivity (Wildman–Crippen MR) is 153 cm³/mol. The molecule has 5 aromatic rings. The van der Waals surface area contributed by atoms with Gasteiger partial charge in [-0.05, 0) is 73.8 Å². The van der Waals surface area contributed by atoms with Gasteiger partial charge in [-0.3, -0.25) is 25.0 Å². The molecular formula is C31H31N7. The average Bonchev–Trinajstić information content (AvgIpc) is 3.58. The normalized spacial score (nSPS) is 15.4. The van der Waals surface area contributed by atoms with Gasteiger partial charge in [0.15, 0.2) is 0 Å². The number of hydrogen-bond donors (Lipinski definition) is 2. The lowest BCUT2D eigenvalue weighted by atomic mass is 10.0. The molecule has 1 aliphatic heterocycles. The minimum Gasteiger partial charge on any atom is -0.352 e. The van der Waals surface area contributed by atoms with Crippen molar-refractivity contribution in [3.8, 4) is 22.5 Å². The van der Waals surface area contributed by atoms with Crippen LogP contribution in [-0.2, 0) is 6.54 Å². The molecule has 1 aliphatic rings. The van der Waals surface area contributed by atoms with Gasteiger partial charge in [0.25, 0.3) is 0 Å². The maximum atomic E-state index is 4.68. The quantitative estimate of drug-likeness (QED) is 0.353. The summed E-state index contributed by atoms with van der Waals surface area (Å²) in [5.74, 6) is 0. The highest BCUT2D eigenvalue weighted by Crippen LogP contribution is 2.30. The van der Waals surface area contributed by atoms with Crippen LogP contribution < -0.4 is 10.6 Å². The number of allylic oxidation sites excluding steroid dienone is 1. The zero-order chi connectivity index (χ0) is 25.9. The van der Waals surface area contributed by atoms with Crippen LogP contribution >= 0.6 is 0 Å². The largest absolute Gasteiger partial charge is 0.352 e. The average molecular weight is 502 g/mol. The van der Waals surface area contributed by atoms with Crippen LogP contribution in [0, 0.1) is 0 Å². The molecule has 38 heavy (non-hydrogen) atoms. The van der Waals surface area contributed by atoms with Crippen LogP contribution in [0.2, 0.25) is 0 Å². The van der Waals surface area contributed by atoms with Gasteiger partial charge >= 0.3 is 0 Å². The van der Waals surface area contributed by atoms with Crippen LogP contribution in [0.25, 0.3) is 51.1 Å². The molecule has 0 unspecified atom stereocenters. The SMILES string of the molecule is C=C(/C=c1/c(-c2cc3c(-c4cccnc4)cncc3[nH]2)n[nH]/c1=C/C)c1cncc(CN2CCCCC2)c1. The number of likely N-dealkylation sites (tertiary alicyclic amines) is 1. The van der Waals surface area contributed by atoms with E-state index in [2.05, 4.69) is 59.8 Å². The summed E-state index contributed by atoms with van der Waals surface area (Å²) in [6, 6.07) is 8.33. The monoisotopic (exact) mass is 501 g/mol. The van der Waals surface area contributed by atoms with Gasteiger partial charge in [0.1, 0.15) is 5.69 Å². The summed E-state index contributed by atoms with van der Waals surface area (Å²) in [5.41, 5.74) is 7.90. The second kappa shape index (κ2) is 10.6. The summed E-state index contributed by atoms with van der Waals surface area (Å²) in [7, 11) is 0. The topological polar surface area (TPSA) is 86.4 Å². The van der Waals surface area contributed by atoms with Crippen molar-refractivity contribution in [1.29, 1.82) is 0 Å². The maximum absolute atomic E-state index is 4.68. The second-order valence-electron chi connectivity index (χ2n) is 9.85. The highest BCUT2D eigenvalue weighted by Gasteiger charge is 2.14. The van der Waals surface area contributed by atoms with Crippen LogP contribution in [0.15, 0.2) is 68.0 Å². The molecule has 7 heteroatoms. The zero-order valence-corrected chi connectivity index (χ0v) is 21.6. The van der Waals surface area contributed by atoms with E-state index in [-0.39, 0.29) is 0 Å². The van der Waals surface area contributed by atoms with Crippen LogP contribution in [0.3, 0.4) is 0 Å². The van der Waals surface area contributed by atoms with Crippen LogP contribution in [0.4, 0.5) is 0 Å². The molecule has 190 valence electrons. The number of rotatable bonds is 6. The Morgan fingerprint density at radius 3 is 2.71 bits per heavy atom. The molecule has 6 rings (SSSR count). The number of piperidine rings is 1. The summed E-state index contributed by atoms with van der Waals surface area (Å²) in [6.07, 6.45) is 19.3. The summed E-state index contributed by atoms with van der Waals surface area (Å²) in [5, 5.41) is 10.9. The number of fused-ring (bicyclic) bond motifs is 1. The third kappa shape index (κ3) is 4.80. The van der Waals surface area contributed by atoms with Crippen LogP contribution in [0.1, 0.15) is 37.3 Å². The van der Waals surface area contributed by atoms with Crippen LogP contribution in [-0.4, -0.2) is 48.1 Å². The van der Waals surface area contributed by atoms with Gasteiger partial charge < -0.3 is 4.98 Å². The third-order valence-corrected chi connectivity index (χ3v) is 7.23. The van der Waals surface area contributed by atoms with Crippen molar-refractivity contribution in [2.24, 2.45) is 0 Å². The van der Waals surface area contributed by atoms with E-state index in [0.717, 1.165) is 74.8 Å². The molecule has 0 spiro atoms. The molecule has 0 amide bonds. The molecule has 1 saturated heterocycles. The summed E-state index contributed by atoms with van der Waals surface area (Å²) in [4.78, 5) is 19.3. The van der Waals surface area contributed by atoms with Crippen molar-refractivity contribution in [3.05, 3.63) is 89.7 Å². The van der Waals surface area contributed by atoms with E-state index in [1.54, 1.807) is 6.20 Å². The summed E-state index contributed by atoms with van der Waals surface area (Å²) in [6.45, 7) is 9.66. The van der Waals surface area contributed by atoms with Gasteiger partial charge in [-0.15, -0.1) is 0 Å². The standard InChI is InChI=1S/C31H31N7/c1-3-28-26(12-21(2)24-13-22(15-33-17-24)20-38-10-5-4-6-11-38)31(37-36-28)29-14-25-27(18-34-19-30(25)35-29)23-8-7-9-32-16-23/h3,7-9,12-19,35-36H,2,4-6,10-11,20H2,1H3/b26-12+,28-3+. The van der Waals surface area contributed by atoms with E-state index in [9.17, 15) is 0 Å². The number of nitrogens with zero attached hydrogens (tertiary/aromatic N) is 5. The molecule has 6 heterocycles. The Labute approximate surface area is 221 Å². The van der Waals surface area contributed by atoms with E-state index in [1.165, 1.54) is 24.8 Å². The number of hydrogen-bond acceptors (Lipinski definition) is 5. The number of H-pyrrole nitrogens is 2. The van der Waals surface area contributed by atoms with Gasteiger partial charge in [-0.1, -0.05) is 25.1 Å². The number of pyridine rings is 3. The van der Waals surface area contributed by atoms with Crippen molar-refractivity contribution in [3.63, 3.8) is 0 Å². The molecule has 0 radical (unpaired) electrons. The second-order valence-corrected chi connectivity index (χ2v) is 9.85. The molecule has 7 nitrogen and oxygen atoms in total. The van der Waals surface area contributed by atoms with Gasteiger partial charge in [0.05, 0.1) is 22.8 Å². The lowest BCUT2D eigenvalue weighted by molar-refractivity contribution is 0.220. The summed E-state index contributed by atoms with van der Waals surface area (Å²) < 4.78 is 0. The van der Waals surface area contributed by atoms with E-state index in [4.69, 9.17) is 0 Å². The van der Waals surface area contributed by atoms with E-state index in [0.29, 0.717) is 0 Å². The molecule has 1 fully saturated rings. The van der Waals surface area contributed by atoms with Gasteiger partial charge in [-0.2, -0.15) is 5.10 Å². The predicted octanol–water partition coefficient (Wildman–Crippen LogP) is 4.69. The molecule has 0 aliphatic carbocycles. The highest BCUT2D eigenvalue weighted by atomic mass is 15.1. The van der Waals surface area contributed by atoms with Crippen molar-refractivity contribution in [2.75, 3.05) is 13.1 Å². The molecule has 0 aromatic carbocycles. The third-order valence-electron chi connectivity index (χ3n) is 7.23. The molecule has 0 bridgehead atoms. The zero-order valence-electron chi connectivity index (χ0n) is 21.6. The molecule has 5 aromatic heterocycles. The fraction of sp³-hybridized carbons (Fsp3) is 0.226. The van der Waals surface area contributed by atoms with Crippen molar-refractivity contribution >= 4 is 28.6 Å². The molecule has 2 N–H and O–H groups in total. The molecular weight excluding hydrogens is 470 g/mol. The van der Waals surface area contributed by atoms with Crippen molar-refractivity contribution in [1.82, 2.24) is 35.0 Å². The Morgan fingerprint density at radius 1 is 1.03 bits per heavy atom. The molecule has 0 saturated carbocycles. The number of aromatic nitrogens is 6. The number of nitrogens with one attached hydrogen (secondary N) is 2.